The topological polar surface area (TPSA) is 97.9 Å². The van der Waals surface area contributed by atoms with Crippen LogP contribution in [0.1, 0.15) is 5.56 Å². The lowest BCUT2D eigenvalue weighted by Gasteiger charge is -2.16. The number of fused-ring (bicyclic) bond motifs is 1. The molecule has 2 aromatic heterocycles. The minimum Gasteiger partial charge on any atom is -0.386 e. The fourth-order valence-electron chi connectivity index (χ4n) is 3.55. The third kappa shape index (κ3) is 4.38. The molecule has 2 aromatic carbocycles. The number of rotatable bonds is 7. The molecule has 2 heterocycles. The average Bonchev–Trinajstić information content (AvgIpc) is 2.77. The lowest BCUT2D eigenvalue weighted by atomic mass is 10.0. The van der Waals surface area contributed by atoms with Crippen LogP contribution in [0, 0.1) is 18.6 Å². The fraction of sp³-hybridized carbons (Fsp3) is 0.125. The van der Waals surface area contributed by atoms with Crippen LogP contribution in [0.15, 0.2) is 71.8 Å². The van der Waals surface area contributed by atoms with Crippen LogP contribution in [0.4, 0.5) is 14.7 Å². The Morgan fingerprint density at radius 2 is 1.76 bits per heavy atom. The van der Waals surface area contributed by atoms with Crippen molar-refractivity contribution in [3.63, 3.8) is 0 Å². The van der Waals surface area contributed by atoms with Crippen LogP contribution in [-0.2, 0) is 0 Å². The van der Waals surface area contributed by atoms with Gasteiger partial charge in [0, 0.05) is 30.1 Å². The standard InChI is InChI=1S/C24H22F2N6O/c1-14-6-3-4-7-16(14)21-17-10-11-20(33)32(22-18(25)8-5-9-19(22)26)23(17)31-24(30-21)29-13-12-28-15(2)27/h3-11,28H,2,12-13,27H2,1H3,(H,29,30,31). The van der Waals surface area contributed by atoms with Gasteiger partial charge in [0.15, 0.2) is 5.65 Å². The van der Waals surface area contributed by atoms with Crippen molar-refractivity contribution in [2.24, 2.45) is 5.73 Å². The number of aryl methyl sites for hydroxylation is 1. The van der Waals surface area contributed by atoms with Gasteiger partial charge in [0.25, 0.3) is 5.56 Å². The van der Waals surface area contributed by atoms with Gasteiger partial charge in [0.1, 0.15) is 17.3 Å². The number of nitrogens with two attached hydrogens (primary N) is 1. The van der Waals surface area contributed by atoms with Crippen LogP contribution >= 0.6 is 0 Å². The molecule has 0 aliphatic rings. The van der Waals surface area contributed by atoms with Gasteiger partial charge >= 0.3 is 0 Å². The van der Waals surface area contributed by atoms with Gasteiger partial charge in [-0.25, -0.2) is 13.8 Å². The number of benzene rings is 2. The number of nitrogens with one attached hydrogen (secondary N) is 2. The quantitative estimate of drug-likeness (QED) is 0.375. The van der Waals surface area contributed by atoms with E-state index in [4.69, 9.17) is 5.73 Å². The Kier molecular flexibility index (Phi) is 6.03. The average molecular weight is 448 g/mol. The van der Waals surface area contributed by atoms with E-state index >= 15 is 0 Å². The summed E-state index contributed by atoms with van der Waals surface area (Å²) in [6.07, 6.45) is 0. The van der Waals surface area contributed by atoms with Crippen molar-refractivity contribution in [1.29, 1.82) is 0 Å². The van der Waals surface area contributed by atoms with Crippen LogP contribution < -0.4 is 21.9 Å². The lowest BCUT2D eigenvalue weighted by molar-refractivity contribution is 0.568. The Morgan fingerprint density at radius 1 is 1.03 bits per heavy atom. The Morgan fingerprint density at radius 3 is 2.45 bits per heavy atom. The molecule has 168 valence electrons. The third-order valence-corrected chi connectivity index (χ3v) is 5.07. The second-order valence-corrected chi connectivity index (χ2v) is 7.40. The molecule has 33 heavy (non-hydrogen) atoms. The van der Waals surface area contributed by atoms with E-state index < -0.39 is 22.9 Å². The number of hydrogen-bond donors (Lipinski definition) is 3. The summed E-state index contributed by atoms with van der Waals surface area (Å²) in [7, 11) is 0. The van der Waals surface area contributed by atoms with Gasteiger partial charge in [0.2, 0.25) is 5.95 Å². The molecule has 0 radical (unpaired) electrons. The maximum atomic E-state index is 14.7. The number of halogens is 2. The van der Waals surface area contributed by atoms with Crippen molar-refractivity contribution in [1.82, 2.24) is 19.9 Å². The van der Waals surface area contributed by atoms with Crippen LogP contribution in [0.5, 0.6) is 0 Å². The van der Waals surface area contributed by atoms with Gasteiger partial charge < -0.3 is 16.4 Å². The zero-order valence-corrected chi connectivity index (χ0v) is 17.9. The minimum atomic E-state index is -0.874. The molecule has 0 aliphatic carbocycles. The molecule has 0 saturated heterocycles. The first kappa shape index (κ1) is 21.9. The predicted molar refractivity (Wildman–Crippen MR) is 125 cm³/mol. The van der Waals surface area contributed by atoms with E-state index in [2.05, 4.69) is 27.2 Å². The molecular weight excluding hydrogens is 426 g/mol. The van der Waals surface area contributed by atoms with E-state index in [0.29, 0.717) is 30.0 Å². The Balaban J connectivity index is 1.98. The second-order valence-electron chi connectivity index (χ2n) is 7.40. The highest BCUT2D eigenvalue weighted by Crippen LogP contribution is 2.30. The highest BCUT2D eigenvalue weighted by Gasteiger charge is 2.20. The summed E-state index contributed by atoms with van der Waals surface area (Å²) in [5.74, 6) is -1.23. The highest BCUT2D eigenvalue weighted by molar-refractivity contribution is 5.92. The van der Waals surface area contributed by atoms with Crippen molar-refractivity contribution >= 4 is 17.0 Å². The van der Waals surface area contributed by atoms with Gasteiger partial charge in [-0.05, 0) is 30.7 Å². The van der Waals surface area contributed by atoms with Gasteiger partial charge in [0.05, 0.1) is 11.5 Å². The largest absolute Gasteiger partial charge is 0.386 e. The number of anilines is 1. The van der Waals surface area contributed by atoms with E-state index in [9.17, 15) is 13.6 Å². The second kappa shape index (κ2) is 9.07. The molecule has 9 heteroatoms. The zero-order valence-electron chi connectivity index (χ0n) is 17.9. The molecule has 4 N–H and O–H groups in total. The third-order valence-electron chi connectivity index (χ3n) is 5.07. The van der Waals surface area contributed by atoms with Crippen LogP contribution in [-0.4, -0.2) is 27.6 Å². The number of pyridine rings is 1. The molecule has 0 atom stereocenters. The summed E-state index contributed by atoms with van der Waals surface area (Å²) < 4.78 is 30.3. The van der Waals surface area contributed by atoms with E-state index in [1.54, 1.807) is 6.07 Å². The molecule has 0 aliphatic heterocycles. The molecule has 0 unspecified atom stereocenters. The molecule has 7 nitrogen and oxygen atoms in total. The first-order valence-electron chi connectivity index (χ1n) is 10.2. The number of aromatic nitrogens is 3. The molecule has 0 fully saturated rings. The van der Waals surface area contributed by atoms with Crippen molar-refractivity contribution in [3.8, 4) is 16.9 Å². The van der Waals surface area contributed by atoms with Crippen LogP contribution in [0.3, 0.4) is 0 Å². The number of para-hydroxylation sites is 1. The molecule has 0 saturated carbocycles. The highest BCUT2D eigenvalue weighted by atomic mass is 19.1. The lowest BCUT2D eigenvalue weighted by Crippen LogP contribution is -2.26. The Bertz CT molecular complexity index is 1400. The summed E-state index contributed by atoms with van der Waals surface area (Å²) in [4.78, 5) is 21.9. The van der Waals surface area contributed by atoms with Crippen molar-refractivity contribution in [3.05, 3.63) is 94.5 Å². The van der Waals surface area contributed by atoms with E-state index in [0.717, 1.165) is 27.8 Å². The summed E-state index contributed by atoms with van der Waals surface area (Å²) in [6.45, 7) is 6.34. The predicted octanol–water partition coefficient (Wildman–Crippen LogP) is 3.47. The van der Waals surface area contributed by atoms with E-state index in [-0.39, 0.29) is 11.6 Å². The normalized spacial score (nSPS) is 10.9. The molecule has 4 rings (SSSR count). The summed E-state index contributed by atoms with van der Waals surface area (Å²) in [5.41, 5.74) is 6.77. The summed E-state index contributed by atoms with van der Waals surface area (Å²) in [5, 5.41) is 6.42. The molecule has 0 amide bonds. The smallest absolute Gasteiger partial charge is 0.256 e. The monoisotopic (exact) mass is 448 g/mol. The molecule has 4 aromatic rings. The number of nitrogens with zero attached hydrogens (tertiary/aromatic N) is 3. The Hall–Kier alpha value is -4.27. The van der Waals surface area contributed by atoms with Crippen molar-refractivity contribution in [2.75, 3.05) is 18.4 Å². The zero-order chi connectivity index (χ0) is 23.5. The van der Waals surface area contributed by atoms with Gasteiger partial charge in [-0.2, -0.15) is 4.98 Å². The van der Waals surface area contributed by atoms with Crippen molar-refractivity contribution < 1.29 is 8.78 Å². The fourth-order valence-corrected chi connectivity index (χ4v) is 3.55. The van der Waals surface area contributed by atoms with Gasteiger partial charge in [-0.15, -0.1) is 0 Å². The molecule has 0 bridgehead atoms. The van der Waals surface area contributed by atoms with Crippen LogP contribution in [0.2, 0.25) is 0 Å². The summed E-state index contributed by atoms with van der Waals surface area (Å²) >= 11 is 0. The Labute approximate surface area is 188 Å². The minimum absolute atomic E-state index is 0.0819. The maximum absolute atomic E-state index is 14.7. The SMILES string of the molecule is C=C(N)NCCNc1nc(-c2ccccc2C)c2ccc(=O)n(-c3c(F)cccc3F)c2n1. The van der Waals surface area contributed by atoms with E-state index in [1.165, 1.54) is 12.1 Å². The number of hydrogen-bond acceptors (Lipinski definition) is 6. The molecular formula is C24H22F2N6O. The van der Waals surface area contributed by atoms with Crippen molar-refractivity contribution in [2.45, 2.75) is 6.92 Å². The summed E-state index contributed by atoms with van der Waals surface area (Å²) in [6, 6.07) is 13.8. The van der Waals surface area contributed by atoms with E-state index in [1.807, 2.05) is 31.2 Å². The first-order valence-corrected chi connectivity index (χ1v) is 10.2. The first-order chi connectivity index (χ1) is 15.9. The maximum Gasteiger partial charge on any atom is 0.256 e. The van der Waals surface area contributed by atoms with Gasteiger partial charge in [-0.1, -0.05) is 36.9 Å². The van der Waals surface area contributed by atoms with Gasteiger partial charge in [-0.3, -0.25) is 9.36 Å². The van der Waals surface area contributed by atoms with Crippen LogP contribution in [0.25, 0.3) is 28.0 Å². The molecule has 0 spiro atoms.